The van der Waals surface area contributed by atoms with Gasteiger partial charge in [0.15, 0.2) is 0 Å². The molecule has 0 saturated heterocycles. The van der Waals surface area contributed by atoms with Gasteiger partial charge in [0, 0.05) is 23.8 Å². The van der Waals surface area contributed by atoms with E-state index >= 15 is 0 Å². The van der Waals surface area contributed by atoms with Crippen LogP contribution in [0.25, 0.3) is 16.7 Å². The van der Waals surface area contributed by atoms with Gasteiger partial charge in [0.2, 0.25) is 0 Å². The van der Waals surface area contributed by atoms with E-state index in [-0.39, 0.29) is 11.9 Å². The third-order valence-corrected chi connectivity index (χ3v) is 4.54. The van der Waals surface area contributed by atoms with Gasteiger partial charge in [-0.05, 0) is 54.0 Å². The van der Waals surface area contributed by atoms with Crippen LogP contribution in [0.15, 0.2) is 53.3 Å². The summed E-state index contributed by atoms with van der Waals surface area (Å²) in [7, 11) is 0. The Bertz CT molecular complexity index is 1050. The standard InChI is InChI=1S/C19H18FN5O/c1-12(21-10-14-5-3-8-18-19(14)24-26-23-18)17-11-22-25(13(17)2)16-7-4-6-15(20)9-16/h3-9,11-12,21H,10H2,1-2H3. The van der Waals surface area contributed by atoms with Gasteiger partial charge in [0.05, 0.1) is 11.9 Å². The molecule has 0 bridgehead atoms. The molecule has 2 heterocycles. The summed E-state index contributed by atoms with van der Waals surface area (Å²) in [5.41, 5.74) is 5.26. The van der Waals surface area contributed by atoms with Crippen LogP contribution >= 0.6 is 0 Å². The highest BCUT2D eigenvalue weighted by atomic mass is 19.1. The molecule has 2 aromatic heterocycles. The van der Waals surface area contributed by atoms with Crippen molar-refractivity contribution >= 4 is 11.0 Å². The van der Waals surface area contributed by atoms with E-state index < -0.39 is 0 Å². The molecule has 0 saturated carbocycles. The molecular weight excluding hydrogens is 333 g/mol. The minimum absolute atomic E-state index is 0.0624. The van der Waals surface area contributed by atoms with Crippen molar-refractivity contribution in [3.05, 3.63) is 71.3 Å². The third kappa shape index (κ3) is 2.97. The van der Waals surface area contributed by atoms with Gasteiger partial charge in [-0.3, -0.25) is 0 Å². The van der Waals surface area contributed by atoms with Crippen LogP contribution in [0.2, 0.25) is 0 Å². The lowest BCUT2D eigenvalue weighted by Crippen LogP contribution is -2.19. The molecule has 26 heavy (non-hydrogen) atoms. The largest absolute Gasteiger partial charge is 0.306 e. The van der Waals surface area contributed by atoms with Crippen LogP contribution in [0.5, 0.6) is 0 Å². The van der Waals surface area contributed by atoms with Crippen molar-refractivity contribution in [2.24, 2.45) is 0 Å². The van der Waals surface area contributed by atoms with E-state index in [1.807, 2.05) is 37.4 Å². The predicted octanol–water partition coefficient (Wildman–Crippen LogP) is 3.71. The average molecular weight is 351 g/mol. The van der Waals surface area contributed by atoms with Crippen LogP contribution in [0.1, 0.15) is 29.8 Å². The molecule has 0 radical (unpaired) electrons. The minimum atomic E-state index is -0.278. The Hall–Kier alpha value is -3.06. The number of rotatable bonds is 5. The van der Waals surface area contributed by atoms with E-state index in [1.165, 1.54) is 12.1 Å². The molecule has 4 rings (SSSR count). The summed E-state index contributed by atoms with van der Waals surface area (Å²) in [6, 6.07) is 12.3. The molecule has 0 aliphatic heterocycles. The Labute approximate surface area is 149 Å². The maximum atomic E-state index is 13.5. The van der Waals surface area contributed by atoms with Crippen molar-refractivity contribution in [2.45, 2.75) is 26.4 Å². The van der Waals surface area contributed by atoms with E-state index in [2.05, 4.69) is 27.7 Å². The molecule has 0 aliphatic rings. The SMILES string of the molecule is Cc1c(C(C)NCc2cccc3nonc23)cnn1-c1cccc(F)c1. The van der Waals surface area contributed by atoms with Crippen molar-refractivity contribution in [1.82, 2.24) is 25.4 Å². The zero-order valence-corrected chi connectivity index (χ0v) is 14.5. The smallest absolute Gasteiger partial charge is 0.139 e. The van der Waals surface area contributed by atoms with Crippen LogP contribution in [-0.2, 0) is 6.54 Å². The van der Waals surface area contributed by atoms with Gasteiger partial charge in [-0.2, -0.15) is 5.10 Å². The maximum absolute atomic E-state index is 13.5. The summed E-state index contributed by atoms with van der Waals surface area (Å²) in [5, 5.41) is 15.7. The number of benzene rings is 2. The normalized spacial score (nSPS) is 12.6. The number of hydrogen-bond acceptors (Lipinski definition) is 5. The van der Waals surface area contributed by atoms with Crippen molar-refractivity contribution in [3.63, 3.8) is 0 Å². The second-order valence-corrected chi connectivity index (χ2v) is 6.23. The Morgan fingerprint density at radius 1 is 1.19 bits per heavy atom. The van der Waals surface area contributed by atoms with E-state index in [9.17, 15) is 4.39 Å². The molecule has 4 aromatic rings. The third-order valence-electron chi connectivity index (χ3n) is 4.54. The van der Waals surface area contributed by atoms with Crippen LogP contribution in [0, 0.1) is 12.7 Å². The fourth-order valence-electron chi connectivity index (χ4n) is 3.09. The van der Waals surface area contributed by atoms with Gasteiger partial charge in [0.1, 0.15) is 16.9 Å². The lowest BCUT2D eigenvalue weighted by molar-refractivity contribution is 0.315. The fraction of sp³-hybridized carbons (Fsp3) is 0.211. The van der Waals surface area contributed by atoms with Gasteiger partial charge in [-0.1, -0.05) is 18.2 Å². The first-order valence-corrected chi connectivity index (χ1v) is 8.37. The van der Waals surface area contributed by atoms with Crippen molar-refractivity contribution in [2.75, 3.05) is 0 Å². The van der Waals surface area contributed by atoms with Crippen LogP contribution < -0.4 is 5.32 Å². The Morgan fingerprint density at radius 2 is 2.04 bits per heavy atom. The van der Waals surface area contributed by atoms with E-state index in [1.54, 1.807) is 10.7 Å². The molecule has 2 aromatic carbocycles. The average Bonchev–Trinajstić information content (AvgIpc) is 3.26. The fourth-order valence-corrected chi connectivity index (χ4v) is 3.09. The van der Waals surface area contributed by atoms with E-state index in [0.29, 0.717) is 12.2 Å². The second kappa shape index (κ2) is 6.68. The van der Waals surface area contributed by atoms with Gasteiger partial charge in [0.25, 0.3) is 0 Å². The van der Waals surface area contributed by atoms with Crippen molar-refractivity contribution in [1.29, 1.82) is 0 Å². The molecule has 132 valence electrons. The van der Waals surface area contributed by atoms with Gasteiger partial charge < -0.3 is 5.32 Å². The van der Waals surface area contributed by atoms with Crippen molar-refractivity contribution < 1.29 is 9.02 Å². The quantitative estimate of drug-likeness (QED) is 0.594. The minimum Gasteiger partial charge on any atom is -0.306 e. The number of fused-ring (bicyclic) bond motifs is 1. The van der Waals surface area contributed by atoms with Crippen LogP contribution in [-0.4, -0.2) is 20.1 Å². The van der Waals surface area contributed by atoms with E-state index in [0.717, 1.165) is 27.9 Å². The van der Waals surface area contributed by atoms with E-state index in [4.69, 9.17) is 4.63 Å². The van der Waals surface area contributed by atoms with Gasteiger partial charge in [-0.25, -0.2) is 13.7 Å². The molecular formula is C19H18FN5O. The lowest BCUT2D eigenvalue weighted by atomic mass is 10.1. The van der Waals surface area contributed by atoms with Gasteiger partial charge >= 0.3 is 0 Å². The highest BCUT2D eigenvalue weighted by Gasteiger charge is 2.15. The molecule has 1 N–H and O–H groups in total. The summed E-state index contributed by atoms with van der Waals surface area (Å²) in [4.78, 5) is 0. The van der Waals surface area contributed by atoms with Crippen LogP contribution in [0.4, 0.5) is 4.39 Å². The zero-order valence-electron chi connectivity index (χ0n) is 14.5. The number of hydrogen-bond donors (Lipinski definition) is 1. The first-order valence-electron chi connectivity index (χ1n) is 8.37. The molecule has 1 atom stereocenters. The zero-order chi connectivity index (χ0) is 18.1. The summed E-state index contributed by atoms with van der Waals surface area (Å²) >= 11 is 0. The molecule has 0 amide bonds. The molecule has 0 aliphatic carbocycles. The lowest BCUT2D eigenvalue weighted by Gasteiger charge is -2.14. The summed E-state index contributed by atoms with van der Waals surface area (Å²) in [6.07, 6.45) is 1.82. The first-order chi connectivity index (χ1) is 12.6. The molecule has 1 unspecified atom stereocenters. The number of nitrogens with zero attached hydrogens (tertiary/aromatic N) is 4. The highest BCUT2D eigenvalue weighted by Crippen LogP contribution is 2.22. The molecule has 0 fully saturated rings. The Morgan fingerprint density at radius 3 is 2.88 bits per heavy atom. The maximum Gasteiger partial charge on any atom is 0.139 e. The first kappa shape index (κ1) is 16.4. The van der Waals surface area contributed by atoms with Crippen molar-refractivity contribution in [3.8, 4) is 5.69 Å². The molecule has 0 spiro atoms. The number of nitrogens with one attached hydrogen (secondary N) is 1. The molecule has 7 heteroatoms. The topological polar surface area (TPSA) is 68.8 Å². The number of halogens is 1. The second-order valence-electron chi connectivity index (χ2n) is 6.23. The Kier molecular flexibility index (Phi) is 4.22. The van der Waals surface area contributed by atoms with Crippen LogP contribution in [0.3, 0.4) is 0 Å². The molecule has 6 nitrogen and oxygen atoms in total. The number of aromatic nitrogens is 4. The monoisotopic (exact) mass is 351 g/mol. The highest BCUT2D eigenvalue weighted by molar-refractivity contribution is 5.76. The summed E-state index contributed by atoms with van der Waals surface area (Å²) in [6.45, 7) is 4.67. The Balaban J connectivity index is 1.54. The van der Waals surface area contributed by atoms with Gasteiger partial charge in [-0.15, -0.1) is 0 Å². The summed E-state index contributed by atoms with van der Waals surface area (Å²) in [5.74, 6) is -0.278. The predicted molar refractivity (Wildman–Crippen MR) is 95.3 cm³/mol. The summed E-state index contributed by atoms with van der Waals surface area (Å²) < 4.78 is 20.0.